The molecule has 2 unspecified atom stereocenters. The van der Waals surface area contributed by atoms with Gasteiger partial charge in [-0.25, -0.2) is 0 Å². The second kappa shape index (κ2) is 10.6. The van der Waals surface area contributed by atoms with Crippen LogP contribution in [-0.2, 0) is 0 Å². The molecule has 0 aromatic carbocycles. The van der Waals surface area contributed by atoms with Crippen molar-refractivity contribution in [2.24, 2.45) is 11.8 Å². The minimum Gasteiger partial charge on any atom is -0.315 e. The fraction of sp³-hybridized carbons (Fsp3) is 1.00. The first-order chi connectivity index (χ1) is 10.0. The highest BCUT2D eigenvalue weighted by Crippen LogP contribution is 2.23. The van der Waals surface area contributed by atoms with E-state index in [4.69, 9.17) is 0 Å². The van der Waals surface area contributed by atoms with Gasteiger partial charge in [-0.15, -0.1) is 0 Å². The average molecular weight is 297 g/mol. The molecule has 2 atom stereocenters. The van der Waals surface area contributed by atoms with Gasteiger partial charge in [0.1, 0.15) is 0 Å². The minimum absolute atomic E-state index is 0.699. The van der Waals surface area contributed by atoms with Crippen LogP contribution in [0.2, 0.25) is 0 Å². The number of nitrogens with zero attached hydrogens (tertiary/aromatic N) is 1. The SMILES string of the molecule is CNC1CCCCCCC1N(CCC(C)C)CCC(C)C. The number of nitrogens with one attached hydrogen (secondary N) is 1. The summed E-state index contributed by atoms with van der Waals surface area (Å²) in [5.41, 5.74) is 0. The van der Waals surface area contributed by atoms with Crippen LogP contribution in [-0.4, -0.2) is 37.1 Å². The van der Waals surface area contributed by atoms with Gasteiger partial charge in [-0.3, -0.25) is 4.90 Å². The Morgan fingerprint density at radius 3 is 1.86 bits per heavy atom. The van der Waals surface area contributed by atoms with Crippen LogP contribution < -0.4 is 5.32 Å². The maximum Gasteiger partial charge on any atom is 0.0249 e. The Morgan fingerprint density at radius 1 is 0.857 bits per heavy atom. The minimum atomic E-state index is 0.699. The summed E-state index contributed by atoms with van der Waals surface area (Å²) in [5, 5.41) is 3.64. The zero-order valence-corrected chi connectivity index (χ0v) is 15.3. The Kier molecular flexibility index (Phi) is 9.59. The van der Waals surface area contributed by atoms with Crippen molar-refractivity contribution < 1.29 is 0 Å². The van der Waals surface area contributed by atoms with Crippen LogP contribution in [0.5, 0.6) is 0 Å². The first-order valence-electron chi connectivity index (χ1n) is 9.46. The van der Waals surface area contributed by atoms with Gasteiger partial charge in [0.2, 0.25) is 0 Å². The molecule has 0 amide bonds. The lowest BCUT2D eigenvalue weighted by Gasteiger charge is -2.39. The van der Waals surface area contributed by atoms with E-state index in [9.17, 15) is 0 Å². The molecule has 126 valence electrons. The van der Waals surface area contributed by atoms with E-state index in [0.29, 0.717) is 6.04 Å². The molecule has 0 bridgehead atoms. The van der Waals surface area contributed by atoms with Crippen molar-refractivity contribution >= 4 is 0 Å². The fourth-order valence-electron chi connectivity index (χ4n) is 3.53. The summed E-state index contributed by atoms with van der Waals surface area (Å²) in [6.45, 7) is 12.0. The zero-order chi connectivity index (χ0) is 15.7. The standard InChI is InChI=1S/C19H40N2/c1-16(2)12-14-21(15-13-17(3)4)19-11-9-7-6-8-10-18(19)20-5/h16-20H,6-15H2,1-5H3. The maximum atomic E-state index is 3.64. The molecule has 0 saturated heterocycles. The molecule has 1 fully saturated rings. The van der Waals surface area contributed by atoms with Crippen LogP contribution >= 0.6 is 0 Å². The quantitative estimate of drug-likeness (QED) is 0.699. The molecule has 1 aliphatic carbocycles. The summed E-state index contributed by atoms with van der Waals surface area (Å²) in [7, 11) is 2.17. The van der Waals surface area contributed by atoms with E-state index in [1.165, 1.54) is 64.5 Å². The smallest absolute Gasteiger partial charge is 0.0249 e. The van der Waals surface area contributed by atoms with Crippen LogP contribution in [0.4, 0.5) is 0 Å². The Balaban J connectivity index is 2.68. The highest BCUT2D eigenvalue weighted by Gasteiger charge is 2.27. The summed E-state index contributed by atoms with van der Waals surface area (Å²) in [5.74, 6) is 1.63. The molecule has 0 aliphatic heterocycles. The third-order valence-corrected chi connectivity index (χ3v) is 5.06. The topological polar surface area (TPSA) is 15.3 Å². The van der Waals surface area contributed by atoms with E-state index in [1.807, 2.05) is 0 Å². The van der Waals surface area contributed by atoms with Gasteiger partial charge >= 0.3 is 0 Å². The number of rotatable bonds is 8. The van der Waals surface area contributed by atoms with Crippen molar-refractivity contribution in [2.45, 2.75) is 91.1 Å². The third-order valence-electron chi connectivity index (χ3n) is 5.06. The molecule has 2 nitrogen and oxygen atoms in total. The van der Waals surface area contributed by atoms with Gasteiger partial charge in [0.15, 0.2) is 0 Å². The molecule has 1 N–H and O–H groups in total. The third kappa shape index (κ3) is 7.65. The highest BCUT2D eigenvalue weighted by atomic mass is 15.2. The van der Waals surface area contributed by atoms with Crippen LogP contribution in [0, 0.1) is 11.8 Å². The lowest BCUT2D eigenvalue weighted by atomic mass is 9.90. The van der Waals surface area contributed by atoms with Gasteiger partial charge in [-0.1, -0.05) is 53.4 Å². The molecular weight excluding hydrogens is 256 g/mol. The Bertz CT molecular complexity index is 238. The van der Waals surface area contributed by atoms with Crippen molar-refractivity contribution in [3.63, 3.8) is 0 Å². The van der Waals surface area contributed by atoms with Gasteiger partial charge in [-0.2, -0.15) is 0 Å². The maximum absolute atomic E-state index is 3.64. The summed E-state index contributed by atoms with van der Waals surface area (Å²) >= 11 is 0. The normalized spacial score (nSPS) is 24.6. The molecular formula is C19H40N2. The van der Waals surface area contributed by atoms with Crippen LogP contribution in [0.25, 0.3) is 0 Å². The van der Waals surface area contributed by atoms with Gasteiger partial charge in [0, 0.05) is 12.1 Å². The second-order valence-electron chi connectivity index (χ2n) is 7.86. The molecule has 0 spiro atoms. The van der Waals surface area contributed by atoms with Crippen molar-refractivity contribution in [1.82, 2.24) is 10.2 Å². The molecule has 21 heavy (non-hydrogen) atoms. The van der Waals surface area contributed by atoms with Gasteiger partial charge in [0.05, 0.1) is 0 Å². The van der Waals surface area contributed by atoms with Crippen LogP contribution in [0.15, 0.2) is 0 Å². The second-order valence-corrected chi connectivity index (χ2v) is 7.86. The van der Waals surface area contributed by atoms with E-state index < -0.39 is 0 Å². The first-order valence-corrected chi connectivity index (χ1v) is 9.46. The summed E-state index contributed by atoms with van der Waals surface area (Å²) in [6.07, 6.45) is 11.1. The molecule has 1 aliphatic rings. The lowest BCUT2D eigenvalue weighted by molar-refractivity contribution is 0.124. The van der Waals surface area contributed by atoms with Gasteiger partial charge in [0.25, 0.3) is 0 Å². The molecule has 0 aromatic rings. The van der Waals surface area contributed by atoms with Gasteiger partial charge in [-0.05, 0) is 57.7 Å². The van der Waals surface area contributed by atoms with E-state index in [2.05, 4.69) is 45.0 Å². The zero-order valence-electron chi connectivity index (χ0n) is 15.3. The van der Waals surface area contributed by atoms with E-state index in [0.717, 1.165) is 17.9 Å². The Morgan fingerprint density at radius 2 is 1.38 bits per heavy atom. The summed E-state index contributed by atoms with van der Waals surface area (Å²) in [6, 6.07) is 1.46. The average Bonchev–Trinajstić information content (AvgIpc) is 2.39. The lowest BCUT2D eigenvalue weighted by Crippen LogP contribution is -2.50. The van der Waals surface area contributed by atoms with Crippen molar-refractivity contribution in [1.29, 1.82) is 0 Å². The molecule has 0 radical (unpaired) electrons. The highest BCUT2D eigenvalue weighted by molar-refractivity contribution is 4.85. The fourth-order valence-corrected chi connectivity index (χ4v) is 3.53. The van der Waals surface area contributed by atoms with Crippen LogP contribution in [0.3, 0.4) is 0 Å². The predicted molar refractivity (Wildman–Crippen MR) is 94.8 cm³/mol. The molecule has 0 heterocycles. The van der Waals surface area contributed by atoms with Crippen molar-refractivity contribution in [3.05, 3.63) is 0 Å². The van der Waals surface area contributed by atoms with Crippen molar-refractivity contribution in [3.8, 4) is 0 Å². The van der Waals surface area contributed by atoms with E-state index in [1.54, 1.807) is 0 Å². The molecule has 1 saturated carbocycles. The summed E-state index contributed by atoms with van der Waals surface area (Å²) < 4.78 is 0. The largest absolute Gasteiger partial charge is 0.315 e. The van der Waals surface area contributed by atoms with E-state index in [-0.39, 0.29) is 0 Å². The molecule has 1 rings (SSSR count). The van der Waals surface area contributed by atoms with Gasteiger partial charge < -0.3 is 5.32 Å². The number of hydrogen-bond acceptors (Lipinski definition) is 2. The Hall–Kier alpha value is -0.0800. The predicted octanol–water partition coefficient (Wildman–Crippen LogP) is 4.69. The van der Waals surface area contributed by atoms with Crippen LogP contribution in [0.1, 0.15) is 79.1 Å². The Labute approximate surface area is 134 Å². The molecule has 0 aromatic heterocycles. The number of hydrogen-bond donors (Lipinski definition) is 1. The first kappa shape index (κ1) is 19.0. The van der Waals surface area contributed by atoms with Crippen molar-refractivity contribution in [2.75, 3.05) is 20.1 Å². The number of likely N-dealkylation sites (N-methyl/N-ethyl adjacent to an activating group) is 1. The monoisotopic (exact) mass is 296 g/mol. The summed E-state index contributed by atoms with van der Waals surface area (Å²) in [4.78, 5) is 2.83. The molecule has 2 heteroatoms. The van der Waals surface area contributed by atoms with E-state index >= 15 is 0 Å².